The van der Waals surface area contributed by atoms with E-state index >= 15 is 0 Å². The maximum atomic E-state index is 10.8. The highest BCUT2D eigenvalue weighted by Gasteiger charge is 2.30. The van der Waals surface area contributed by atoms with Gasteiger partial charge in [-0.25, -0.2) is 9.78 Å². The van der Waals surface area contributed by atoms with Crippen molar-refractivity contribution in [2.45, 2.75) is 12.5 Å². The topological polar surface area (TPSA) is 111 Å². The van der Waals surface area contributed by atoms with Crippen LogP contribution < -0.4 is 5.32 Å². The lowest BCUT2D eigenvalue weighted by Crippen LogP contribution is -2.42. The number of aromatic nitrogens is 2. The summed E-state index contributed by atoms with van der Waals surface area (Å²) >= 11 is 0. The number of nitrogens with one attached hydrogen (secondary N) is 1. The molecule has 1 unspecified atom stereocenters. The largest absolute Gasteiger partial charge is 0.479 e. The molecular weight excluding hydrogens is 248 g/mol. The van der Waals surface area contributed by atoms with E-state index < -0.39 is 11.6 Å². The third-order valence-corrected chi connectivity index (χ3v) is 2.70. The predicted molar refractivity (Wildman–Crippen MR) is 66.7 cm³/mol. The molecule has 0 aliphatic heterocycles. The van der Waals surface area contributed by atoms with E-state index in [-0.39, 0.29) is 18.1 Å². The molecule has 98 valence electrons. The molecule has 2 rings (SSSR count). The standard InChI is InChI=1S/C12H12N4O3/c1-12(19,11(17)18)7-14-10-8(6-13)16-5-3-2-4-9(16)15-10/h2-5,14,19H,7H2,1H3,(H,17,18). The van der Waals surface area contributed by atoms with Gasteiger partial charge in [0, 0.05) is 6.20 Å². The van der Waals surface area contributed by atoms with Crippen LogP contribution in [0.2, 0.25) is 0 Å². The van der Waals surface area contributed by atoms with E-state index in [1.165, 1.54) is 6.92 Å². The monoisotopic (exact) mass is 260 g/mol. The molecule has 1 atom stereocenters. The SMILES string of the molecule is CC(O)(CNc1nc2ccccn2c1C#N)C(=O)O. The van der Waals surface area contributed by atoms with Crippen molar-refractivity contribution in [3.8, 4) is 6.07 Å². The zero-order valence-electron chi connectivity index (χ0n) is 10.2. The molecule has 0 bridgehead atoms. The van der Waals surface area contributed by atoms with Crippen LogP contribution in [0.1, 0.15) is 12.6 Å². The normalized spacial score (nSPS) is 13.7. The number of pyridine rings is 1. The first-order valence-electron chi connectivity index (χ1n) is 5.52. The molecule has 0 saturated heterocycles. The Bertz CT molecular complexity index is 669. The van der Waals surface area contributed by atoms with Gasteiger partial charge < -0.3 is 15.5 Å². The summed E-state index contributed by atoms with van der Waals surface area (Å²) in [5, 5.41) is 30.2. The van der Waals surface area contributed by atoms with Gasteiger partial charge in [0.05, 0.1) is 6.54 Å². The molecule has 0 saturated carbocycles. The summed E-state index contributed by atoms with van der Waals surface area (Å²) in [4.78, 5) is 15.0. The third-order valence-electron chi connectivity index (χ3n) is 2.70. The van der Waals surface area contributed by atoms with Crippen molar-refractivity contribution in [2.24, 2.45) is 0 Å². The Balaban J connectivity index is 2.31. The summed E-state index contributed by atoms with van der Waals surface area (Å²) in [6, 6.07) is 7.25. The summed E-state index contributed by atoms with van der Waals surface area (Å²) in [5.41, 5.74) is -1.10. The number of aliphatic hydroxyl groups is 1. The number of carbonyl (C=O) groups is 1. The number of hydrogen-bond donors (Lipinski definition) is 3. The van der Waals surface area contributed by atoms with Crippen molar-refractivity contribution in [1.29, 1.82) is 5.26 Å². The van der Waals surface area contributed by atoms with Crippen LogP contribution in [0.15, 0.2) is 24.4 Å². The number of nitrogens with zero attached hydrogens (tertiary/aromatic N) is 3. The molecule has 7 heteroatoms. The van der Waals surface area contributed by atoms with Gasteiger partial charge >= 0.3 is 5.97 Å². The second-order valence-electron chi connectivity index (χ2n) is 4.28. The quantitative estimate of drug-likeness (QED) is 0.736. The Morgan fingerprint density at radius 2 is 2.37 bits per heavy atom. The van der Waals surface area contributed by atoms with Crippen molar-refractivity contribution in [2.75, 3.05) is 11.9 Å². The van der Waals surface area contributed by atoms with E-state index in [1.807, 2.05) is 6.07 Å². The van der Waals surface area contributed by atoms with Crippen molar-refractivity contribution in [3.63, 3.8) is 0 Å². The number of imidazole rings is 1. The molecule has 2 heterocycles. The fourth-order valence-corrected chi connectivity index (χ4v) is 1.56. The second kappa shape index (κ2) is 4.59. The van der Waals surface area contributed by atoms with Gasteiger partial charge in [-0.15, -0.1) is 0 Å². The van der Waals surface area contributed by atoms with Crippen LogP contribution in [0.25, 0.3) is 5.65 Å². The van der Waals surface area contributed by atoms with E-state index in [4.69, 9.17) is 10.4 Å². The average Bonchev–Trinajstić information content (AvgIpc) is 2.73. The van der Waals surface area contributed by atoms with Gasteiger partial charge in [0.1, 0.15) is 11.7 Å². The highest BCUT2D eigenvalue weighted by Crippen LogP contribution is 2.17. The summed E-state index contributed by atoms with van der Waals surface area (Å²) in [7, 11) is 0. The first kappa shape index (κ1) is 12.9. The molecule has 0 radical (unpaired) electrons. The fourth-order valence-electron chi connectivity index (χ4n) is 1.56. The molecule has 2 aromatic rings. The molecule has 0 aromatic carbocycles. The average molecular weight is 260 g/mol. The van der Waals surface area contributed by atoms with E-state index in [0.717, 1.165) is 0 Å². The number of carboxylic acids is 1. The number of carboxylic acid groups (broad SMARTS) is 1. The summed E-state index contributed by atoms with van der Waals surface area (Å²) < 4.78 is 1.58. The van der Waals surface area contributed by atoms with E-state index in [2.05, 4.69) is 10.3 Å². The van der Waals surface area contributed by atoms with Crippen molar-refractivity contribution >= 4 is 17.4 Å². The van der Waals surface area contributed by atoms with Gasteiger partial charge in [0.2, 0.25) is 0 Å². The molecular formula is C12H12N4O3. The molecule has 7 nitrogen and oxygen atoms in total. The van der Waals surface area contributed by atoms with Crippen molar-refractivity contribution in [3.05, 3.63) is 30.1 Å². The smallest absolute Gasteiger partial charge is 0.337 e. The van der Waals surface area contributed by atoms with E-state index in [0.29, 0.717) is 5.65 Å². The summed E-state index contributed by atoms with van der Waals surface area (Å²) in [6.07, 6.45) is 1.68. The molecule has 0 aliphatic rings. The zero-order chi connectivity index (χ0) is 14.0. The van der Waals surface area contributed by atoms with Gasteiger partial charge in [-0.2, -0.15) is 5.26 Å². The highest BCUT2D eigenvalue weighted by atomic mass is 16.4. The second-order valence-corrected chi connectivity index (χ2v) is 4.28. The Morgan fingerprint density at radius 3 is 3.00 bits per heavy atom. The van der Waals surface area contributed by atoms with Gasteiger partial charge in [0.25, 0.3) is 0 Å². The number of aliphatic carboxylic acids is 1. The maximum Gasteiger partial charge on any atom is 0.337 e. The number of fused-ring (bicyclic) bond motifs is 1. The molecule has 2 aromatic heterocycles. The molecule has 0 fully saturated rings. The maximum absolute atomic E-state index is 10.8. The van der Waals surface area contributed by atoms with E-state index in [1.54, 1.807) is 28.8 Å². The Morgan fingerprint density at radius 1 is 1.63 bits per heavy atom. The number of nitriles is 1. The fraction of sp³-hybridized carbons (Fsp3) is 0.250. The number of rotatable bonds is 4. The molecule has 3 N–H and O–H groups in total. The van der Waals surface area contributed by atoms with Crippen LogP contribution in [0.5, 0.6) is 0 Å². The summed E-state index contributed by atoms with van der Waals surface area (Å²) in [5.74, 6) is -1.10. The van der Waals surface area contributed by atoms with Crippen molar-refractivity contribution in [1.82, 2.24) is 9.38 Å². The van der Waals surface area contributed by atoms with Gasteiger partial charge in [-0.3, -0.25) is 4.40 Å². The Kier molecular flexibility index (Phi) is 3.10. The number of hydrogen-bond acceptors (Lipinski definition) is 5. The van der Waals surface area contributed by atoms with Gasteiger partial charge in [-0.05, 0) is 19.1 Å². The summed E-state index contributed by atoms with van der Waals surface area (Å²) in [6.45, 7) is 0.922. The number of anilines is 1. The van der Waals surface area contributed by atoms with Crippen LogP contribution in [0, 0.1) is 11.3 Å². The third kappa shape index (κ3) is 2.34. The van der Waals surface area contributed by atoms with Crippen LogP contribution in [0.3, 0.4) is 0 Å². The minimum Gasteiger partial charge on any atom is -0.479 e. The lowest BCUT2D eigenvalue weighted by molar-refractivity contribution is -0.155. The van der Waals surface area contributed by atoms with Crippen LogP contribution in [-0.2, 0) is 4.79 Å². The lowest BCUT2D eigenvalue weighted by Gasteiger charge is -2.17. The molecule has 0 aliphatic carbocycles. The molecule has 0 spiro atoms. The Hall–Kier alpha value is -2.59. The minimum atomic E-state index is -1.93. The lowest BCUT2D eigenvalue weighted by atomic mass is 10.1. The first-order chi connectivity index (χ1) is 8.95. The molecule has 0 amide bonds. The van der Waals surface area contributed by atoms with Crippen LogP contribution in [0.4, 0.5) is 5.82 Å². The van der Waals surface area contributed by atoms with Gasteiger partial charge in [0.15, 0.2) is 17.1 Å². The van der Waals surface area contributed by atoms with Gasteiger partial charge in [-0.1, -0.05) is 6.07 Å². The predicted octanol–water partition coefficient (Wildman–Crippen LogP) is 0.453. The highest BCUT2D eigenvalue weighted by molar-refractivity contribution is 5.77. The molecule has 19 heavy (non-hydrogen) atoms. The van der Waals surface area contributed by atoms with Crippen LogP contribution >= 0.6 is 0 Å². The Labute approximate surface area is 108 Å². The minimum absolute atomic E-state index is 0.246. The van der Waals surface area contributed by atoms with E-state index in [9.17, 15) is 9.90 Å². The van der Waals surface area contributed by atoms with Crippen molar-refractivity contribution < 1.29 is 15.0 Å². The first-order valence-corrected chi connectivity index (χ1v) is 5.52. The van der Waals surface area contributed by atoms with Crippen LogP contribution in [-0.4, -0.2) is 37.7 Å². The zero-order valence-corrected chi connectivity index (χ0v) is 10.2.